The zero-order chi connectivity index (χ0) is 9.72. The van der Waals surface area contributed by atoms with Crippen molar-refractivity contribution < 1.29 is 19.1 Å². The lowest BCUT2D eigenvalue weighted by Gasteiger charge is -2.17. The van der Waals surface area contributed by atoms with E-state index in [2.05, 4.69) is 5.32 Å². The minimum atomic E-state index is -1.42. The lowest BCUT2D eigenvalue weighted by molar-refractivity contribution is -0.130. The molecular formula is C7H12FNO3. The van der Waals surface area contributed by atoms with Gasteiger partial charge in [-0.25, -0.2) is 4.79 Å². The molecule has 0 aromatic carbocycles. The molecule has 0 fully saturated rings. The predicted molar refractivity (Wildman–Crippen MR) is 40.5 cm³/mol. The fourth-order valence-corrected chi connectivity index (χ4v) is 0.767. The predicted octanol–water partition coefficient (Wildman–Crippen LogP) is 1.16. The molecule has 0 bridgehead atoms. The number of halogens is 1. The van der Waals surface area contributed by atoms with Crippen LogP contribution in [0.1, 0.15) is 20.3 Å². The van der Waals surface area contributed by atoms with Gasteiger partial charge in [-0.2, -0.15) is 4.39 Å². The van der Waals surface area contributed by atoms with Crippen molar-refractivity contribution in [1.82, 2.24) is 5.32 Å². The molecule has 12 heavy (non-hydrogen) atoms. The molecular weight excluding hydrogens is 165 g/mol. The zero-order valence-electron chi connectivity index (χ0n) is 7.00. The van der Waals surface area contributed by atoms with Gasteiger partial charge in [-0.05, 0) is 12.8 Å². The summed E-state index contributed by atoms with van der Waals surface area (Å²) in [4.78, 5) is 20.1. The molecule has 0 aliphatic rings. The number of carbonyl (C=O) groups excluding carboxylic acids is 1. The van der Waals surface area contributed by atoms with Gasteiger partial charge in [-0.1, -0.05) is 6.92 Å². The quantitative estimate of drug-likeness (QED) is 0.633. The Labute approximate surface area is 69.8 Å². The highest BCUT2D eigenvalue weighted by atomic mass is 19.1. The highest BCUT2D eigenvalue weighted by Gasteiger charge is 2.16. The summed E-state index contributed by atoms with van der Waals surface area (Å²) in [7, 11) is 0. The van der Waals surface area contributed by atoms with Crippen LogP contribution in [0, 0.1) is 5.92 Å². The van der Waals surface area contributed by atoms with Gasteiger partial charge in [0.15, 0.2) is 0 Å². The summed E-state index contributed by atoms with van der Waals surface area (Å²) in [6.45, 7) is 3.19. The Kier molecular flexibility index (Phi) is 4.25. The van der Waals surface area contributed by atoms with E-state index in [1.165, 1.54) is 0 Å². The minimum Gasteiger partial charge on any atom is -0.465 e. The summed E-state index contributed by atoms with van der Waals surface area (Å²) in [5.74, 6) is -0.321. The highest BCUT2D eigenvalue weighted by Crippen LogP contribution is 2.08. The Morgan fingerprint density at radius 1 is 1.50 bits per heavy atom. The van der Waals surface area contributed by atoms with Crippen molar-refractivity contribution in [2.45, 2.75) is 26.3 Å². The van der Waals surface area contributed by atoms with Crippen LogP contribution in [0.15, 0.2) is 0 Å². The third-order valence-electron chi connectivity index (χ3n) is 1.69. The second-order valence-corrected chi connectivity index (χ2v) is 2.77. The van der Waals surface area contributed by atoms with E-state index in [1.54, 1.807) is 13.8 Å². The van der Waals surface area contributed by atoms with Crippen molar-refractivity contribution in [3.63, 3.8) is 0 Å². The molecule has 0 saturated heterocycles. The summed E-state index contributed by atoms with van der Waals surface area (Å²) in [5.41, 5.74) is 0. The van der Waals surface area contributed by atoms with E-state index in [9.17, 15) is 14.0 Å². The van der Waals surface area contributed by atoms with E-state index in [-0.39, 0.29) is 12.3 Å². The Hall–Kier alpha value is -1.13. The SMILES string of the molecule is C[C@H](CC(=O)F)[C@H](C)NC(=O)O. The Morgan fingerprint density at radius 3 is 2.33 bits per heavy atom. The number of rotatable bonds is 4. The van der Waals surface area contributed by atoms with Gasteiger partial charge >= 0.3 is 12.1 Å². The van der Waals surface area contributed by atoms with Crippen molar-refractivity contribution >= 4 is 12.1 Å². The van der Waals surface area contributed by atoms with Gasteiger partial charge in [0.1, 0.15) is 0 Å². The Morgan fingerprint density at radius 2 is 2.00 bits per heavy atom. The second kappa shape index (κ2) is 4.69. The van der Waals surface area contributed by atoms with Gasteiger partial charge in [-0.15, -0.1) is 0 Å². The van der Waals surface area contributed by atoms with E-state index < -0.39 is 18.2 Å². The molecule has 0 saturated carbocycles. The molecule has 0 aromatic heterocycles. The van der Waals surface area contributed by atoms with Crippen molar-refractivity contribution in [3.05, 3.63) is 0 Å². The molecule has 70 valence electrons. The lowest BCUT2D eigenvalue weighted by Crippen LogP contribution is -2.36. The average Bonchev–Trinajstić information content (AvgIpc) is 1.84. The van der Waals surface area contributed by atoms with Crippen molar-refractivity contribution in [2.75, 3.05) is 0 Å². The maximum Gasteiger partial charge on any atom is 0.404 e. The highest BCUT2D eigenvalue weighted by molar-refractivity contribution is 5.68. The fourth-order valence-electron chi connectivity index (χ4n) is 0.767. The van der Waals surface area contributed by atoms with Gasteiger partial charge in [0, 0.05) is 12.5 Å². The number of hydrogen-bond donors (Lipinski definition) is 2. The number of carbonyl (C=O) groups is 2. The van der Waals surface area contributed by atoms with Crippen LogP contribution in [-0.2, 0) is 4.79 Å². The first-order valence-corrected chi connectivity index (χ1v) is 3.61. The van der Waals surface area contributed by atoms with Crippen LogP contribution >= 0.6 is 0 Å². The van der Waals surface area contributed by atoms with E-state index in [0.29, 0.717) is 0 Å². The van der Waals surface area contributed by atoms with Crippen LogP contribution in [-0.4, -0.2) is 23.3 Å². The summed E-state index contributed by atoms with van der Waals surface area (Å²) in [6.07, 6.45) is -1.41. The minimum absolute atomic E-state index is 0.249. The summed E-state index contributed by atoms with van der Waals surface area (Å²) < 4.78 is 11.8. The first kappa shape index (κ1) is 10.9. The Bertz CT molecular complexity index is 163. The Balaban J connectivity index is 3.83. The number of nitrogens with one attached hydrogen (secondary N) is 1. The maximum atomic E-state index is 11.8. The summed E-state index contributed by atoms with van der Waals surface area (Å²) >= 11 is 0. The monoisotopic (exact) mass is 177 g/mol. The first-order valence-electron chi connectivity index (χ1n) is 3.61. The van der Waals surface area contributed by atoms with Crippen molar-refractivity contribution in [2.24, 2.45) is 5.92 Å². The molecule has 2 N–H and O–H groups in total. The van der Waals surface area contributed by atoms with Crippen molar-refractivity contribution in [1.29, 1.82) is 0 Å². The summed E-state index contributed by atoms with van der Waals surface area (Å²) in [5, 5.41) is 10.4. The van der Waals surface area contributed by atoms with E-state index in [1.807, 2.05) is 0 Å². The van der Waals surface area contributed by atoms with Crippen LogP contribution in [0.4, 0.5) is 9.18 Å². The van der Waals surface area contributed by atoms with Crippen molar-refractivity contribution in [3.8, 4) is 0 Å². The molecule has 5 heteroatoms. The van der Waals surface area contributed by atoms with E-state index in [4.69, 9.17) is 5.11 Å². The topological polar surface area (TPSA) is 66.4 Å². The normalized spacial score (nSPS) is 14.9. The largest absolute Gasteiger partial charge is 0.465 e. The molecule has 0 radical (unpaired) electrons. The third kappa shape index (κ3) is 4.65. The van der Waals surface area contributed by atoms with E-state index in [0.717, 1.165) is 0 Å². The van der Waals surface area contributed by atoms with Crippen LogP contribution in [0.5, 0.6) is 0 Å². The van der Waals surface area contributed by atoms with Gasteiger partial charge < -0.3 is 10.4 Å². The molecule has 0 aliphatic carbocycles. The molecule has 2 atom stereocenters. The molecule has 0 spiro atoms. The number of amides is 1. The molecule has 4 nitrogen and oxygen atoms in total. The molecule has 0 unspecified atom stereocenters. The van der Waals surface area contributed by atoms with E-state index >= 15 is 0 Å². The first-order chi connectivity index (χ1) is 5.43. The smallest absolute Gasteiger partial charge is 0.404 e. The standard InChI is InChI=1S/C7H12FNO3/c1-4(3-6(8)10)5(2)9-7(11)12/h4-5,9H,3H2,1-2H3,(H,11,12)/t4-,5+/m1/s1. The number of carboxylic acid groups (broad SMARTS) is 1. The summed E-state index contributed by atoms with van der Waals surface area (Å²) in [6, 6.07) is -1.83. The lowest BCUT2D eigenvalue weighted by atomic mass is 10.0. The van der Waals surface area contributed by atoms with Gasteiger partial charge in [0.2, 0.25) is 0 Å². The zero-order valence-corrected chi connectivity index (χ0v) is 7.00. The van der Waals surface area contributed by atoms with Crippen LogP contribution in [0.3, 0.4) is 0 Å². The molecule has 0 rings (SSSR count). The third-order valence-corrected chi connectivity index (χ3v) is 1.69. The molecule has 0 aliphatic heterocycles. The van der Waals surface area contributed by atoms with Gasteiger partial charge in [0.05, 0.1) is 0 Å². The average molecular weight is 177 g/mol. The second-order valence-electron chi connectivity index (χ2n) is 2.77. The van der Waals surface area contributed by atoms with Gasteiger partial charge in [0.25, 0.3) is 0 Å². The fraction of sp³-hybridized carbons (Fsp3) is 0.714. The van der Waals surface area contributed by atoms with Crippen LogP contribution in [0.25, 0.3) is 0 Å². The van der Waals surface area contributed by atoms with Crippen LogP contribution < -0.4 is 5.32 Å². The number of hydrogen-bond acceptors (Lipinski definition) is 2. The molecule has 0 heterocycles. The maximum absolute atomic E-state index is 11.8. The van der Waals surface area contributed by atoms with Crippen LogP contribution in [0.2, 0.25) is 0 Å². The molecule has 0 aromatic rings. The molecule has 1 amide bonds. The van der Waals surface area contributed by atoms with Gasteiger partial charge in [-0.3, -0.25) is 4.79 Å².